The molecule has 132 valence electrons. The SMILES string of the molecule is C/C=C/c1cc(C(=O)N(C)C(C)c2ccccc2)cc(OC)c1OC. The summed E-state index contributed by atoms with van der Waals surface area (Å²) in [6.07, 6.45) is 3.81. The summed E-state index contributed by atoms with van der Waals surface area (Å²) in [6.45, 7) is 3.94. The third kappa shape index (κ3) is 4.02. The predicted molar refractivity (Wildman–Crippen MR) is 101 cm³/mol. The lowest BCUT2D eigenvalue weighted by Crippen LogP contribution is -2.29. The van der Waals surface area contributed by atoms with Crippen LogP contribution in [-0.4, -0.2) is 32.1 Å². The standard InChI is InChI=1S/C21H25NO3/c1-6-10-17-13-18(14-19(24-4)20(17)25-5)21(23)22(3)15(2)16-11-8-7-9-12-16/h6-15H,1-5H3/b10-6+. The highest BCUT2D eigenvalue weighted by molar-refractivity contribution is 5.96. The van der Waals surface area contributed by atoms with E-state index in [0.29, 0.717) is 17.1 Å². The molecule has 0 N–H and O–H groups in total. The van der Waals surface area contributed by atoms with E-state index in [4.69, 9.17) is 9.47 Å². The zero-order chi connectivity index (χ0) is 18.4. The van der Waals surface area contributed by atoms with Crippen LogP contribution in [-0.2, 0) is 0 Å². The molecule has 0 aliphatic heterocycles. The Morgan fingerprint density at radius 2 is 1.80 bits per heavy atom. The molecule has 0 saturated heterocycles. The number of methoxy groups -OCH3 is 2. The second kappa shape index (κ2) is 8.38. The largest absolute Gasteiger partial charge is 0.493 e. The number of ether oxygens (including phenoxy) is 2. The molecule has 2 rings (SSSR count). The normalized spacial score (nSPS) is 12.0. The molecule has 2 aromatic carbocycles. The summed E-state index contributed by atoms with van der Waals surface area (Å²) in [6, 6.07) is 13.5. The second-order valence-electron chi connectivity index (χ2n) is 5.80. The molecule has 1 unspecified atom stereocenters. The van der Waals surface area contributed by atoms with E-state index in [1.54, 1.807) is 25.2 Å². The minimum absolute atomic E-state index is 0.0352. The van der Waals surface area contributed by atoms with Crippen molar-refractivity contribution in [2.24, 2.45) is 0 Å². The van der Waals surface area contributed by atoms with Crippen molar-refractivity contribution in [3.63, 3.8) is 0 Å². The molecule has 0 aliphatic rings. The van der Waals surface area contributed by atoms with Crippen LogP contribution in [0.4, 0.5) is 0 Å². The van der Waals surface area contributed by atoms with Gasteiger partial charge in [-0.05, 0) is 31.5 Å². The van der Waals surface area contributed by atoms with Crippen molar-refractivity contribution in [1.82, 2.24) is 4.90 Å². The average Bonchev–Trinajstić information content (AvgIpc) is 2.66. The lowest BCUT2D eigenvalue weighted by atomic mass is 10.0. The Hall–Kier alpha value is -2.75. The average molecular weight is 339 g/mol. The van der Waals surface area contributed by atoms with Crippen molar-refractivity contribution < 1.29 is 14.3 Å². The van der Waals surface area contributed by atoms with Gasteiger partial charge in [-0.15, -0.1) is 0 Å². The second-order valence-corrected chi connectivity index (χ2v) is 5.80. The molecule has 4 heteroatoms. The molecular formula is C21H25NO3. The number of carbonyl (C=O) groups is 1. The molecule has 0 bridgehead atoms. The van der Waals surface area contributed by atoms with Crippen molar-refractivity contribution >= 4 is 12.0 Å². The molecule has 0 aromatic heterocycles. The maximum absolute atomic E-state index is 13.0. The Balaban J connectivity index is 2.39. The smallest absolute Gasteiger partial charge is 0.254 e. The molecule has 2 aromatic rings. The van der Waals surface area contributed by atoms with Crippen LogP contribution >= 0.6 is 0 Å². The van der Waals surface area contributed by atoms with Crippen LogP contribution in [0.25, 0.3) is 6.08 Å². The minimum Gasteiger partial charge on any atom is -0.493 e. The Morgan fingerprint density at radius 1 is 1.12 bits per heavy atom. The van der Waals surface area contributed by atoms with Crippen LogP contribution in [0.15, 0.2) is 48.5 Å². The van der Waals surface area contributed by atoms with Gasteiger partial charge in [0.15, 0.2) is 11.5 Å². The van der Waals surface area contributed by atoms with Gasteiger partial charge >= 0.3 is 0 Å². The fourth-order valence-electron chi connectivity index (χ4n) is 2.76. The zero-order valence-corrected chi connectivity index (χ0v) is 15.4. The number of nitrogens with zero attached hydrogens (tertiary/aromatic N) is 1. The first-order valence-corrected chi connectivity index (χ1v) is 8.24. The Kier molecular flexibility index (Phi) is 6.23. The summed E-state index contributed by atoms with van der Waals surface area (Å²) in [4.78, 5) is 14.7. The quantitative estimate of drug-likeness (QED) is 0.774. The number of allylic oxidation sites excluding steroid dienone is 1. The first kappa shape index (κ1) is 18.6. The summed E-state index contributed by atoms with van der Waals surface area (Å²) in [5.41, 5.74) is 2.47. The Labute approximate surface area is 149 Å². The molecule has 0 saturated carbocycles. The van der Waals surface area contributed by atoms with Crippen molar-refractivity contribution in [2.75, 3.05) is 21.3 Å². The van der Waals surface area contributed by atoms with Crippen LogP contribution in [0, 0.1) is 0 Å². The van der Waals surface area contributed by atoms with Gasteiger partial charge in [0, 0.05) is 18.2 Å². The van der Waals surface area contributed by atoms with E-state index in [2.05, 4.69) is 0 Å². The predicted octanol–water partition coefficient (Wildman–Crippen LogP) is 4.57. The maximum atomic E-state index is 13.0. The number of carbonyl (C=O) groups excluding carboxylic acids is 1. The van der Waals surface area contributed by atoms with Crippen LogP contribution < -0.4 is 9.47 Å². The van der Waals surface area contributed by atoms with Gasteiger partial charge in [0.2, 0.25) is 0 Å². The lowest BCUT2D eigenvalue weighted by molar-refractivity contribution is 0.0742. The van der Waals surface area contributed by atoms with E-state index in [0.717, 1.165) is 11.1 Å². The molecule has 0 heterocycles. The molecular weight excluding hydrogens is 314 g/mol. The van der Waals surface area contributed by atoms with E-state index in [-0.39, 0.29) is 11.9 Å². The van der Waals surface area contributed by atoms with Crippen molar-refractivity contribution in [3.05, 3.63) is 65.2 Å². The summed E-state index contributed by atoms with van der Waals surface area (Å²) in [5.74, 6) is 1.10. The highest BCUT2D eigenvalue weighted by atomic mass is 16.5. The third-order valence-electron chi connectivity index (χ3n) is 4.28. The first-order valence-electron chi connectivity index (χ1n) is 8.24. The molecule has 0 radical (unpaired) electrons. The van der Waals surface area contributed by atoms with Crippen molar-refractivity contribution in [1.29, 1.82) is 0 Å². The summed E-state index contributed by atoms with van der Waals surface area (Å²) in [5, 5.41) is 0. The molecule has 0 fully saturated rings. The van der Waals surface area contributed by atoms with Gasteiger partial charge in [-0.25, -0.2) is 0 Å². The van der Waals surface area contributed by atoms with Crippen LogP contribution in [0.2, 0.25) is 0 Å². The third-order valence-corrected chi connectivity index (χ3v) is 4.28. The highest BCUT2D eigenvalue weighted by Gasteiger charge is 2.21. The van der Waals surface area contributed by atoms with Gasteiger partial charge in [-0.1, -0.05) is 42.5 Å². The maximum Gasteiger partial charge on any atom is 0.254 e. The number of amides is 1. The zero-order valence-electron chi connectivity index (χ0n) is 15.4. The Morgan fingerprint density at radius 3 is 2.36 bits per heavy atom. The van der Waals surface area contributed by atoms with Gasteiger partial charge < -0.3 is 14.4 Å². The molecule has 0 aliphatic carbocycles. The van der Waals surface area contributed by atoms with Crippen molar-refractivity contribution in [2.45, 2.75) is 19.9 Å². The van der Waals surface area contributed by atoms with Gasteiger partial charge in [0.25, 0.3) is 5.91 Å². The first-order chi connectivity index (χ1) is 12.0. The number of benzene rings is 2. The van der Waals surface area contributed by atoms with Gasteiger partial charge in [0.05, 0.1) is 20.3 Å². The van der Waals surface area contributed by atoms with E-state index < -0.39 is 0 Å². The molecule has 4 nitrogen and oxygen atoms in total. The molecule has 0 spiro atoms. The highest BCUT2D eigenvalue weighted by Crippen LogP contribution is 2.34. The van der Waals surface area contributed by atoms with Gasteiger partial charge in [-0.3, -0.25) is 4.79 Å². The van der Waals surface area contributed by atoms with E-state index in [1.807, 2.05) is 69.4 Å². The van der Waals surface area contributed by atoms with Crippen LogP contribution in [0.5, 0.6) is 11.5 Å². The van der Waals surface area contributed by atoms with Crippen LogP contribution in [0.1, 0.15) is 41.4 Å². The van der Waals surface area contributed by atoms with E-state index >= 15 is 0 Å². The number of rotatable bonds is 6. The monoisotopic (exact) mass is 339 g/mol. The van der Waals surface area contributed by atoms with Crippen molar-refractivity contribution in [3.8, 4) is 11.5 Å². The fraction of sp³-hybridized carbons (Fsp3) is 0.286. The fourth-order valence-corrected chi connectivity index (χ4v) is 2.76. The van der Waals surface area contributed by atoms with E-state index in [1.165, 1.54) is 0 Å². The summed E-state index contributed by atoms with van der Waals surface area (Å²) in [7, 11) is 4.98. The van der Waals surface area contributed by atoms with E-state index in [9.17, 15) is 4.79 Å². The molecule has 1 atom stereocenters. The summed E-state index contributed by atoms with van der Waals surface area (Å²) >= 11 is 0. The van der Waals surface area contributed by atoms with Gasteiger partial charge in [-0.2, -0.15) is 0 Å². The number of hydrogen-bond donors (Lipinski definition) is 0. The van der Waals surface area contributed by atoms with Gasteiger partial charge in [0.1, 0.15) is 0 Å². The lowest BCUT2D eigenvalue weighted by Gasteiger charge is -2.26. The Bertz CT molecular complexity index is 753. The molecule has 25 heavy (non-hydrogen) atoms. The molecule has 1 amide bonds. The summed E-state index contributed by atoms with van der Waals surface area (Å²) < 4.78 is 10.8. The number of hydrogen-bond acceptors (Lipinski definition) is 3. The van der Waals surface area contributed by atoms with Crippen LogP contribution in [0.3, 0.4) is 0 Å². The topological polar surface area (TPSA) is 38.8 Å². The minimum atomic E-state index is -0.0666.